The lowest BCUT2D eigenvalue weighted by Crippen LogP contribution is -2.48. The van der Waals surface area contributed by atoms with Gasteiger partial charge in [-0.3, -0.25) is 14.4 Å². The number of amides is 3. The van der Waals surface area contributed by atoms with E-state index in [0.717, 1.165) is 0 Å². The van der Waals surface area contributed by atoms with Gasteiger partial charge in [0.25, 0.3) is 17.7 Å². The number of carboxylic acids is 1. The average molecular weight is 580 g/mol. The molecule has 0 bridgehead atoms. The smallest absolute Gasteiger partial charge is 0.346 e. The molecule has 0 saturated heterocycles. The zero-order valence-corrected chi connectivity index (χ0v) is 21.8. The molecular weight excluding hydrogens is 558 g/mol. The Labute approximate surface area is 237 Å². The van der Waals surface area contributed by atoms with Crippen LogP contribution in [-0.2, 0) is 11.3 Å². The number of halogens is 1. The number of furan rings is 2. The first kappa shape index (κ1) is 28.6. The Hall–Kier alpha value is -5.36. The van der Waals surface area contributed by atoms with E-state index in [1.807, 2.05) is 0 Å². The van der Waals surface area contributed by atoms with Gasteiger partial charge in [0.05, 0.1) is 34.2 Å². The highest BCUT2D eigenvalue weighted by Gasteiger charge is 2.24. The van der Waals surface area contributed by atoms with Gasteiger partial charge in [0.1, 0.15) is 24.3 Å². The van der Waals surface area contributed by atoms with Crippen LogP contribution in [0.25, 0.3) is 0 Å². The van der Waals surface area contributed by atoms with Gasteiger partial charge in [-0.15, -0.1) is 0 Å². The molecule has 2 aromatic heterocycles. The average Bonchev–Trinajstić information content (AvgIpc) is 3.69. The summed E-state index contributed by atoms with van der Waals surface area (Å²) < 4.78 is 15.1. The lowest BCUT2D eigenvalue weighted by atomic mass is 10.1. The Balaban J connectivity index is 1.35. The summed E-state index contributed by atoms with van der Waals surface area (Å²) in [5, 5.41) is 16.7. The van der Waals surface area contributed by atoms with Gasteiger partial charge >= 0.3 is 11.9 Å². The predicted molar refractivity (Wildman–Crippen MR) is 143 cm³/mol. The van der Waals surface area contributed by atoms with Crippen LogP contribution >= 0.6 is 11.6 Å². The van der Waals surface area contributed by atoms with E-state index < -0.39 is 42.2 Å². The second-order valence-electron chi connectivity index (χ2n) is 8.47. The second kappa shape index (κ2) is 13.1. The third-order valence-electron chi connectivity index (χ3n) is 5.70. The van der Waals surface area contributed by atoms with Gasteiger partial charge in [0, 0.05) is 24.2 Å². The Morgan fingerprint density at radius 1 is 0.829 bits per heavy atom. The summed E-state index contributed by atoms with van der Waals surface area (Å²) in [6.07, 6.45) is 5.08. The number of benzene rings is 2. The molecule has 3 amide bonds. The first-order valence-corrected chi connectivity index (χ1v) is 12.3. The van der Waals surface area contributed by atoms with E-state index in [9.17, 15) is 29.1 Å². The maximum atomic E-state index is 12.8. The van der Waals surface area contributed by atoms with Gasteiger partial charge in [-0.05, 0) is 36.4 Å². The molecule has 0 unspecified atom stereocenters. The summed E-state index contributed by atoms with van der Waals surface area (Å²) in [4.78, 5) is 61.4. The molecule has 4 aromatic rings. The van der Waals surface area contributed by atoms with Crippen LogP contribution < -0.4 is 20.7 Å². The SMILES string of the molecule is O=C(NCc1ccccc1OC(=O)c1ccoc1)c1ccc(C(=O)N[C@@H](CNC(=O)c2ccoc2)C(=O)O)c(Cl)c1. The van der Waals surface area contributed by atoms with Crippen molar-refractivity contribution >= 4 is 41.3 Å². The van der Waals surface area contributed by atoms with Crippen molar-refractivity contribution in [2.45, 2.75) is 12.6 Å². The van der Waals surface area contributed by atoms with Crippen molar-refractivity contribution in [3.8, 4) is 5.75 Å². The molecule has 0 aliphatic carbocycles. The molecule has 1 atom stereocenters. The minimum Gasteiger partial charge on any atom is -0.480 e. The first-order chi connectivity index (χ1) is 19.7. The molecule has 0 spiro atoms. The van der Waals surface area contributed by atoms with Gasteiger partial charge < -0.3 is 34.6 Å². The fourth-order valence-electron chi connectivity index (χ4n) is 3.53. The number of para-hydroxylation sites is 1. The summed E-state index contributed by atoms with van der Waals surface area (Å²) in [6.45, 7) is -0.388. The molecule has 210 valence electrons. The third kappa shape index (κ3) is 7.40. The number of ether oxygens (including phenoxy) is 1. The van der Waals surface area contributed by atoms with Crippen LogP contribution in [0.2, 0.25) is 5.02 Å². The number of carbonyl (C=O) groups is 5. The quantitative estimate of drug-likeness (QED) is 0.153. The Morgan fingerprint density at radius 2 is 1.51 bits per heavy atom. The molecule has 4 N–H and O–H groups in total. The molecule has 41 heavy (non-hydrogen) atoms. The predicted octanol–water partition coefficient (Wildman–Crippen LogP) is 3.29. The van der Waals surface area contributed by atoms with Gasteiger partial charge in [-0.2, -0.15) is 0 Å². The molecule has 0 fully saturated rings. The monoisotopic (exact) mass is 579 g/mol. The van der Waals surface area contributed by atoms with E-state index in [0.29, 0.717) is 5.56 Å². The maximum absolute atomic E-state index is 12.8. The summed E-state index contributed by atoms with van der Waals surface area (Å²) in [5.74, 6) is -3.68. The number of rotatable bonds is 11. The van der Waals surface area contributed by atoms with Crippen molar-refractivity contribution in [3.05, 3.63) is 112 Å². The lowest BCUT2D eigenvalue weighted by molar-refractivity contribution is -0.139. The van der Waals surface area contributed by atoms with E-state index in [4.69, 9.17) is 25.2 Å². The molecule has 0 aliphatic heterocycles. The van der Waals surface area contributed by atoms with Crippen LogP contribution in [0, 0.1) is 0 Å². The van der Waals surface area contributed by atoms with Gasteiger partial charge in [0.15, 0.2) is 0 Å². The van der Waals surface area contributed by atoms with Gasteiger partial charge in [-0.25, -0.2) is 9.59 Å². The topological polar surface area (TPSA) is 177 Å². The summed E-state index contributed by atoms with van der Waals surface area (Å²) in [6, 6.07) is 11.9. The van der Waals surface area contributed by atoms with Crippen molar-refractivity contribution in [1.29, 1.82) is 0 Å². The lowest BCUT2D eigenvalue weighted by Gasteiger charge is -2.16. The number of nitrogens with one attached hydrogen (secondary N) is 3. The van der Waals surface area contributed by atoms with E-state index in [1.54, 1.807) is 24.3 Å². The zero-order chi connectivity index (χ0) is 29.4. The highest BCUT2D eigenvalue weighted by Crippen LogP contribution is 2.21. The number of esters is 1. The van der Waals surface area contributed by atoms with Gasteiger partial charge in [-0.1, -0.05) is 29.8 Å². The number of hydrogen-bond donors (Lipinski definition) is 4. The van der Waals surface area contributed by atoms with Crippen LogP contribution in [0.15, 0.2) is 88.5 Å². The number of carbonyl (C=O) groups excluding carboxylic acids is 4. The zero-order valence-electron chi connectivity index (χ0n) is 21.1. The molecule has 4 rings (SSSR count). The Bertz CT molecular complexity index is 1570. The van der Waals surface area contributed by atoms with E-state index >= 15 is 0 Å². The van der Waals surface area contributed by atoms with E-state index in [-0.39, 0.29) is 39.6 Å². The Kier molecular flexibility index (Phi) is 9.17. The summed E-state index contributed by atoms with van der Waals surface area (Å²) >= 11 is 6.24. The molecule has 2 heterocycles. The van der Waals surface area contributed by atoms with Crippen molar-refractivity contribution < 1.29 is 42.7 Å². The highest BCUT2D eigenvalue weighted by molar-refractivity contribution is 6.34. The molecule has 0 radical (unpaired) electrons. The van der Waals surface area contributed by atoms with Crippen molar-refractivity contribution in [2.75, 3.05) is 6.54 Å². The van der Waals surface area contributed by atoms with Crippen molar-refractivity contribution in [3.63, 3.8) is 0 Å². The minimum absolute atomic E-state index is 0.0123. The molecular formula is C28H22ClN3O9. The molecule has 2 aromatic carbocycles. The van der Waals surface area contributed by atoms with E-state index in [1.165, 1.54) is 55.4 Å². The number of hydrogen-bond acceptors (Lipinski definition) is 8. The van der Waals surface area contributed by atoms with E-state index in [2.05, 4.69) is 16.0 Å². The third-order valence-corrected chi connectivity index (χ3v) is 6.01. The molecule has 0 aliphatic rings. The highest BCUT2D eigenvalue weighted by atomic mass is 35.5. The van der Waals surface area contributed by atoms with Crippen LogP contribution in [0.1, 0.15) is 47.0 Å². The normalized spacial score (nSPS) is 11.2. The number of carboxylic acid groups (broad SMARTS) is 1. The fourth-order valence-corrected chi connectivity index (χ4v) is 3.80. The summed E-state index contributed by atoms with van der Waals surface area (Å²) in [5.41, 5.74) is 1.00. The maximum Gasteiger partial charge on any atom is 0.346 e. The second-order valence-corrected chi connectivity index (χ2v) is 8.88. The largest absolute Gasteiger partial charge is 0.480 e. The van der Waals surface area contributed by atoms with Crippen molar-refractivity contribution in [1.82, 2.24) is 16.0 Å². The van der Waals surface area contributed by atoms with Crippen LogP contribution in [0.5, 0.6) is 5.75 Å². The summed E-state index contributed by atoms with van der Waals surface area (Å²) in [7, 11) is 0. The number of aliphatic carboxylic acids is 1. The van der Waals surface area contributed by atoms with Crippen molar-refractivity contribution in [2.24, 2.45) is 0 Å². The molecule has 12 nitrogen and oxygen atoms in total. The Morgan fingerprint density at radius 3 is 2.17 bits per heavy atom. The van der Waals surface area contributed by atoms with Gasteiger partial charge in [0.2, 0.25) is 0 Å². The molecule has 0 saturated carbocycles. The standard InChI is InChI=1S/C28H22ClN3O9/c29-21-11-16(24(33)30-12-17-3-1-2-4-23(17)41-28(38)19-8-10-40-15-19)5-6-20(21)26(35)32-22(27(36)37)13-31-25(34)18-7-9-39-14-18/h1-11,14-15,22H,12-13H2,(H,30,33)(H,31,34)(H,32,35)(H,36,37)/t22-/m0/s1. The fraction of sp³-hybridized carbons (Fsp3) is 0.107. The van der Waals surface area contributed by atoms with Crippen LogP contribution in [0.4, 0.5) is 0 Å². The molecule has 13 heteroatoms. The minimum atomic E-state index is -1.46. The first-order valence-electron chi connectivity index (χ1n) is 12.0. The van der Waals surface area contributed by atoms with Crippen LogP contribution in [0.3, 0.4) is 0 Å². The van der Waals surface area contributed by atoms with Crippen LogP contribution in [-0.4, -0.2) is 47.4 Å².